The number of imidazole rings is 1. The van der Waals surface area contributed by atoms with Gasteiger partial charge in [0.2, 0.25) is 5.78 Å². The van der Waals surface area contributed by atoms with Crippen LogP contribution in [0.25, 0.3) is 17.1 Å². The Morgan fingerprint density at radius 3 is 2.46 bits per heavy atom. The molecule has 0 atom stereocenters. The van der Waals surface area contributed by atoms with Gasteiger partial charge in [0, 0.05) is 11.3 Å². The first-order chi connectivity index (χ1) is 16.9. The Morgan fingerprint density at radius 2 is 1.63 bits per heavy atom. The number of aromatic nitrogens is 2. The van der Waals surface area contributed by atoms with Crippen LogP contribution in [0, 0.1) is 0 Å². The zero-order valence-corrected chi connectivity index (χ0v) is 18.0. The van der Waals surface area contributed by atoms with Gasteiger partial charge in [-0.25, -0.2) is 9.59 Å². The predicted molar refractivity (Wildman–Crippen MR) is 131 cm³/mol. The number of amides is 1. The van der Waals surface area contributed by atoms with Crippen molar-refractivity contribution in [3.05, 3.63) is 99.5 Å². The number of hydrogen-bond acceptors (Lipinski definition) is 6. The number of aromatic amines is 2. The zero-order chi connectivity index (χ0) is 24.5. The quantitative estimate of drug-likeness (QED) is 0.224. The number of carboxylic acids is 1. The summed E-state index contributed by atoms with van der Waals surface area (Å²) >= 11 is 0. The number of carbonyl (C=O) groups excluding carboxylic acids is 2. The largest absolute Gasteiger partial charge is 0.478 e. The van der Waals surface area contributed by atoms with Crippen molar-refractivity contribution in [3.63, 3.8) is 0 Å². The molecular weight excluding hydrogens is 450 g/mol. The minimum atomic E-state index is -1.15. The summed E-state index contributed by atoms with van der Waals surface area (Å²) in [4.78, 5) is 54.6. The number of Topliss-reactive ketones (excluding diaryl/α,β-unsaturated/α-hetero) is 1. The average molecular weight is 467 g/mol. The Kier molecular flexibility index (Phi) is 5.30. The van der Waals surface area contributed by atoms with Crippen LogP contribution in [0.3, 0.4) is 0 Å². The minimum Gasteiger partial charge on any atom is -0.478 e. The summed E-state index contributed by atoms with van der Waals surface area (Å²) in [7, 11) is 0. The Labute approximate surface area is 197 Å². The van der Waals surface area contributed by atoms with Crippen LogP contribution in [0.15, 0.2) is 82.2 Å². The summed E-state index contributed by atoms with van der Waals surface area (Å²) in [6, 6.07) is 17.9. The second-order valence-corrected chi connectivity index (χ2v) is 7.69. The Bertz CT molecular complexity index is 1640. The first kappa shape index (κ1) is 21.6. The fourth-order valence-electron chi connectivity index (χ4n) is 3.78. The number of H-pyrrole nitrogens is 2. The van der Waals surface area contributed by atoms with Crippen molar-refractivity contribution in [3.8, 4) is 0 Å². The molecule has 10 heteroatoms. The first-order valence-electron chi connectivity index (χ1n) is 10.5. The van der Waals surface area contributed by atoms with Gasteiger partial charge in [-0.05, 0) is 42.0 Å². The second kappa shape index (κ2) is 8.60. The van der Waals surface area contributed by atoms with Crippen LogP contribution in [0.2, 0.25) is 0 Å². The molecule has 1 aromatic heterocycles. The van der Waals surface area contributed by atoms with Crippen LogP contribution < -0.4 is 16.4 Å². The summed E-state index contributed by atoms with van der Waals surface area (Å²) in [5.41, 5.74) is 4.88. The number of hydrogen-bond donors (Lipinski definition) is 5. The number of benzene rings is 3. The lowest BCUT2D eigenvalue weighted by Gasteiger charge is -2.17. The molecule has 3 aromatic carbocycles. The van der Waals surface area contributed by atoms with E-state index in [1.807, 2.05) is 0 Å². The number of hydrazone groups is 1. The molecule has 1 amide bonds. The van der Waals surface area contributed by atoms with Gasteiger partial charge in [-0.2, -0.15) is 5.10 Å². The standard InChI is InChI=1S/C25H17N5O5/c31-22-17(23(32)26-14-9-10-19-20(12-14)28-25(35)27-19)11-13-5-1-2-6-15(13)21(22)30-29-18-8-4-3-7-16(18)24(33)34/h1-12,29H,(H,26,32)(H,33,34)(H2,27,28,35)/b30-21-. The smallest absolute Gasteiger partial charge is 0.337 e. The number of para-hydroxylation sites is 1. The molecule has 0 fully saturated rings. The van der Waals surface area contributed by atoms with E-state index in [9.17, 15) is 24.3 Å². The molecule has 5 rings (SSSR count). The lowest BCUT2D eigenvalue weighted by atomic mass is 9.89. The summed E-state index contributed by atoms with van der Waals surface area (Å²) in [6.07, 6.45) is 1.48. The predicted octanol–water partition coefficient (Wildman–Crippen LogP) is 2.98. The fraction of sp³-hybridized carbons (Fsp3) is 0. The van der Waals surface area contributed by atoms with Gasteiger partial charge in [0.05, 0.1) is 27.9 Å². The van der Waals surface area contributed by atoms with Gasteiger partial charge in [-0.3, -0.25) is 15.0 Å². The molecule has 0 saturated carbocycles. The van der Waals surface area contributed by atoms with Crippen LogP contribution in [0.5, 0.6) is 0 Å². The second-order valence-electron chi connectivity index (χ2n) is 7.69. The van der Waals surface area contributed by atoms with Crippen LogP contribution in [0.4, 0.5) is 11.4 Å². The highest BCUT2D eigenvalue weighted by Gasteiger charge is 2.30. The van der Waals surface area contributed by atoms with E-state index < -0.39 is 17.7 Å². The molecule has 1 aliphatic carbocycles. The lowest BCUT2D eigenvalue weighted by molar-refractivity contribution is -0.116. The number of fused-ring (bicyclic) bond motifs is 2. The third kappa shape index (κ3) is 4.11. The minimum absolute atomic E-state index is 0.0138. The van der Waals surface area contributed by atoms with Gasteiger partial charge < -0.3 is 20.4 Å². The number of nitrogens with zero attached hydrogens (tertiary/aromatic N) is 1. The van der Waals surface area contributed by atoms with Crippen molar-refractivity contribution in [2.24, 2.45) is 5.10 Å². The van der Waals surface area contributed by atoms with Crippen molar-refractivity contribution in [2.75, 3.05) is 10.7 Å². The molecule has 0 spiro atoms. The maximum atomic E-state index is 13.3. The van der Waals surface area contributed by atoms with E-state index in [1.54, 1.807) is 54.6 Å². The van der Waals surface area contributed by atoms with Crippen molar-refractivity contribution >= 4 is 51.9 Å². The number of aromatic carboxylic acids is 1. The van der Waals surface area contributed by atoms with Crippen molar-refractivity contribution in [1.82, 2.24) is 9.97 Å². The summed E-state index contributed by atoms with van der Waals surface area (Å²) < 4.78 is 0. The van der Waals surface area contributed by atoms with Crippen molar-refractivity contribution < 1.29 is 19.5 Å². The van der Waals surface area contributed by atoms with Gasteiger partial charge in [0.15, 0.2) is 0 Å². The van der Waals surface area contributed by atoms with E-state index >= 15 is 0 Å². The molecule has 172 valence electrons. The number of ketones is 1. The van der Waals surface area contributed by atoms with E-state index in [2.05, 4.69) is 25.8 Å². The molecule has 1 aliphatic rings. The van der Waals surface area contributed by atoms with Gasteiger partial charge in [-0.1, -0.05) is 36.4 Å². The van der Waals surface area contributed by atoms with Crippen molar-refractivity contribution in [1.29, 1.82) is 0 Å². The summed E-state index contributed by atoms with van der Waals surface area (Å²) in [6.45, 7) is 0. The van der Waals surface area contributed by atoms with Crippen LogP contribution >= 0.6 is 0 Å². The number of carbonyl (C=O) groups is 3. The van der Waals surface area contributed by atoms with Crippen LogP contribution in [0.1, 0.15) is 21.5 Å². The molecule has 1 heterocycles. The third-order valence-corrected chi connectivity index (χ3v) is 5.44. The highest BCUT2D eigenvalue weighted by molar-refractivity contribution is 6.59. The molecular formula is C25H17N5O5. The molecule has 0 unspecified atom stereocenters. The maximum absolute atomic E-state index is 13.3. The maximum Gasteiger partial charge on any atom is 0.337 e. The van der Waals surface area contributed by atoms with E-state index in [1.165, 1.54) is 18.2 Å². The number of anilines is 2. The van der Waals surface area contributed by atoms with E-state index in [4.69, 9.17) is 0 Å². The highest BCUT2D eigenvalue weighted by Crippen LogP contribution is 2.25. The zero-order valence-electron chi connectivity index (χ0n) is 18.0. The molecule has 35 heavy (non-hydrogen) atoms. The van der Waals surface area contributed by atoms with Gasteiger partial charge >= 0.3 is 11.7 Å². The lowest BCUT2D eigenvalue weighted by Crippen LogP contribution is -2.30. The molecule has 0 saturated heterocycles. The number of nitrogens with one attached hydrogen (secondary N) is 4. The molecule has 10 nitrogen and oxygen atoms in total. The van der Waals surface area contributed by atoms with Crippen molar-refractivity contribution in [2.45, 2.75) is 0 Å². The topological polar surface area (TPSA) is 157 Å². The molecule has 0 aliphatic heterocycles. The number of carboxylic acid groups (broad SMARTS) is 1. The third-order valence-electron chi connectivity index (χ3n) is 5.44. The molecule has 4 aromatic rings. The van der Waals surface area contributed by atoms with E-state index in [-0.39, 0.29) is 28.2 Å². The monoisotopic (exact) mass is 467 g/mol. The Hall–Kier alpha value is -5.25. The molecule has 5 N–H and O–H groups in total. The first-order valence-corrected chi connectivity index (χ1v) is 10.5. The average Bonchev–Trinajstić information content (AvgIpc) is 3.22. The normalized spacial score (nSPS) is 13.9. The summed E-state index contributed by atoms with van der Waals surface area (Å²) in [5, 5.41) is 16.3. The SMILES string of the molecule is O=C(Nc1ccc2[nH]c(=O)[nH]c2c1)C1=Cc2ccccc2/C(=N/Nc2ccccc2C(=O)O)C1=O. The Balaban J connectivity index is 1.48. The van der Waals surface area contributed by atoms with Gasteiger partial charge in [0.1, 0.15) is 5.71 Å². The van der Waals surface area contributed by atoms with E-state index in [0.29, 0.717) is 27.8 Å². The molecule has 0 bridgehead atoms. The van der Waals surface area contributed by atoms with Gasteiger partial charge in [-0.15, -0.1) is 0 Å². The summed E-state index contributed by atoms with van der Waals surface area (Å²) in [5.74, 6) is -2.43. The molecule has 0 radical (unpaired) electrons. The highest BCUT2D eigenvalue weighted by atomic mass is 16.4. The van der Waals surface area contributed by atoms with Crippen LogP contribution in [-0.4, -0.2) is 38.4 Å². The number of rotatable bonds is 5. The fourth-order valence-corrected chi connectivity index (χ4v) is 3.78. The van der Waals surface area contributed by atoms with E-state index in [0.717, 1.165) is 0 Å². The van der Waals surface area contributed by atoms with Gasteiger partial charge in [0.25, 0.3) is 5.91 Å². The van der Waals surface area contributed by atoms with Crippen LogP contribution in [-0.2, 0) is 9.59 Å². The Morgan fingerprint density at radius 1 is 0.886 bits per heavy atom.